The molecule has 6 nitrogen and oxygen atoms in total. The van der Waals surface area contributed by atoms with Gasteiger partial charge in [-0.3, -0.25) is 4.79 Å². The highest BCUT2D eigenvalue weighted by molar-refractivity contribution is 5.81. The molecule has 116 valence electrons. The van der Waals surface area contributed by atoms with Crippen molar-refractivity contribution in [3.05, 3.63) is 42.5 Å². The molecule has 22 heavy (non-hydrogen) atoms. The topological polar surface area (TPSA) is 60.2 Å². The number of amides is 1. The predicted octanol–water partition coefficient (Wildman–Crippen LogP) is 1.97. The lowest BCUT2D eigenvalue weighted by Crippen LogP contribution is -2.37. The molecule has 1 aliphatic rings. The van der Waals surface area contributed by atoms with E-state index in [0.29, 0.717) is 6.61 Å². The summed E-state index contributed by atoms with van der Waals surface area (Å²) in [5, 5.41) is 4.10. The maximum Gasteiger partial charge on any atom is 0.251 e. The molecule has 0 radical (unpaired) electrons. The van der Waals surface area contributed by atoms with Crippen LogP contribution in [0.25, 0.3) is 5.69 Å². The average molecular weight is 300 g/mol. The van der Waals surface area contributed by atoms with Gasteiger partial charge in [0.1, 0.15) is 18.8 Å². The first kappa shape index (κ1) is 14.7. The SMILES string of the molecule is C[C@@H](c1ccc(-n2cncn2)cc1)N(C)C(=O)[C@@H]1CCCO1. The summed E-state index contributed by atoms with van der Waals surface area (Å²) in [6.07, 6.45) is 4.67. The fourth-order valence-electron chi connectivity index (χ4n) is 2.66. The van der Waals surface area contributed by atoms with Crippen molar-refractivity contribution in [3.8, 4) is 5.69 Å². The number of hydrogen-bond acceptors (Lipinski definition) is 4. The van der Waals surface area contributed by atoms with Gasteiger partial charge in [0, 0.05) is 13.7 Å². The van der Waals surface area contributed by atoms with Crippen LogP contribution in [0.4, 0.5) is 0 Å². The molecular weight excluding hydrogens is 280 g/mol. The van der Waals surface area contributed by atoms with E-state index in [1.807, 2.05) is 38.2 Å². The van der Waals surface area contributed by atoms with Gasteiger partial charge in [0.15, 0.2) is 0 Å². The Morgan fingerprint density at radius 1 is 1.41 bits per heavy atom. The van der Waals surface area contributed by atoms with E-state index in [1.165, 1.54) is 6.33 Å². The van der Waals surface area contributed by atoms with E-state index in [-0.39, 0.29) is 18.1 Å². The summed E-state index contributed by atoms with van der Waals surface area (Å²) in [4.78, 5) is 18.1. The molecule has 0 bridgehead atoms. The van der Waals surface area contributed by atoms with Crippen molar-refractivity contribution in [2.45, 2.75) is 31.9 Å². The van der Waals surface area contributed by atoms with Crippen molar-refractivity contribution in [1.29, 1.82) is 0 Å². The molecular formula is C16H20N4O2. The highest BCUT2D eigenvalue weighted by atomic mass is 16.5. The summed E-state index contributed by atoms with van der Waals surface area (Å²) in [5.74, 6) is 0.0605. The lowest BCUT2D eigenvalue weighted by atomic mass is 10.1. The van der Waals surface area contributed by atoms with Crippen LogP contribution in [0.3, 0.4) is 0 Å². The van der Waals surface area contributed by atoms with Crippen LogP contribution in [0.5, 0.6) is 0 Å². The molecule has 1 aromatic heterocycles. The predicted molar refractivity (Wildman–Crippen MR) is 81.5 cm³/mol. The minimum absolute atomic E-state index is 0.00139. The van der Waals surface area contributed by atoms with Crippen LogP contribution in [0, 0.1) is 0 Å². The zero-order valence-corrected chi connectivity index (χ0v) is 12.8. The monoisotopic (exact) mass is 300 g/mol. The van der Waals surface area contributed by atoms with Crippen molar-refractivity contribution in [2.75, 3.05) is 13.7 Å². The van der Waals surface area contributed by atoms with Crippen LogP contribution in [0.15, 0.2) is 36.9 Å². The molecule has 1 aromatic carbocycles. The van der Waals surface area contributed by atoms with E-state index in [4.69, 9.17) is 4.74 Å². The molecule has 1 aliphatic heterocycles. The number of benzene rings is 1. The number of carbonyl (C=O) groups excluding carboxylic acids is 1. The molecule has 2 heterocycles. The van der Waals surface area contributed by atoms with E-state index >= 15 is 0 Å². The van der Waals surface area contributed by atoms with Crippen molar-refractivity contribution >= 4 is 5.91 Å². The maximum absolute atomic E-state index is 12.4. The van der Waals surface area contributed by atoms with E-state index in [0.717, 1.165) is 24.1 Å². The molecule has 0 aliphatic carbocycles. The van der Waals surface area contributed by atoms with Crippen LogP contribution in [0.2, 0.25) is 0 Å². The Hall–Kier alpha value is -2.21. The molecule has 0 N–H and O–H groups in total. The number of likely N-dealkylation sites (N-methyl/N-ethyl adjacent to an activating group) is 1. The second-order valence-corrected chi connectivity index (χ2v) is 5.56. The third-order valence-electron chi connectivity index (χ3n) is 4.19. The van der Waals surface area contributed by atoms with Crippen LogP contribution >= 0.6 is 0 Å². The summed E-state index contributed by atoms with van der Waals surface area (Å²) < 4.78 is 7.18. The Morgan fingerprint density at radius 2 is 2.18 bits per heavy atom. The van der Waals surface area contributed by atoms with Gasteiger partial charge in [-0.05, 0) is 37.5 Å². The van der Waals surface area contributed by atoms with Crippen LogP contribution < -0.4 is 0 Å². The molecule has 1 saturated heterocycles. The standard InChI is InChI=1S/C16H20N4O2/c1-12(19(2)16(21)15-4-3-9-22-15)13-5-7-14(8-6-13)20-11-17-10-18-20/h5-8,10-12,15H,3-4,9H2,1-2H3/t12-,15-/m0/s1. The van der Waals surface area contributed by atoms with Crippen LogP contribution in [-0.4, -0.2) is 45.3 Å². The quantitative estimate of drug-likeness (QED) is 0.866. The molecule has 2 aromatic rings. The largest absolute Gasteiger partial charge is 0.368 e. The Kier molecular flexibility index (Phi) is 4.20. The van der Waals surface area contributed by atoms with Gasteiger partial charge in [-0.15, -0.1) is 0 Å². The fourth-order valence-corrected chi connectivity index (χ4v) is 2.66. The van der Waals surface area contributed by atoms with E-state index < -0.39 is 0 Å². The van der Waals surface area contributed by atoms with Crippen molar-refractivity contribution in [3.63, 3.8) is 0 Å². The second-order valence-electron chi connectivity index (χ2n) is 5.56. The minimum Gasteiger partial charge on any atom is -0.368 e. The number of rotatable bonds is 4. The lowest BCUT2D eigenvalue weighted by Gasteiger charge is -2.27. The first-order valence-electron chi connectivity index (χ1n) is 7.50. The van der Waals surface area contributed by atoms with Gasteiger partial charge in [-0.25, -0.2) is 9.67 Å². The summed E-state index contributed by atoms with van der Waals surface area (Å²) in [6, 6.07) is 7.99. The summed E-state index contributed by atoms with van der Waals surface area (Å²) >= 11 is 0. The first-order valence-corrected chi connectivity index (χ1v) is 7.50. The van der Waals surface area contributed by atoms with Gasteiger partial charge < -0.3 is 9.64 Å². The number of ether oxygens (including phenoxy) is 1. The normalized spacial score (nSPS) is 19.1. The van der Waals surface area contributed by atoms with E-state index in [1.54, 1.807) is 15.9 Å². The summed E-state index contributed by atoms with van der Waals surface area (Å²) in [7, 11) is 1.83. The molecule has 0 unspecified atom stereocenters. The van der Waals surface area contributed by atoms with Gasteiger partial charge in [0.25, 0.3) is 5.91 Å². The molecule has 3 rings (SSSR count). The minimum atomic E-state index is -0.276. The maximum atomic E-state index is 12.4. The smallest absolute Gasteiger partial charge is 0.251 e. The molecule has 0 spiro atoms. The Bertz CT molecular complexity index is 618. The fraction of sp³-hybridized carbons (Fsp3) is 0.438. The van der Waals surface area contributed by atoms with Gasteiger partial charge in [-0.2, -0.15) is 5.10 Å². The van der Waals surface area contributed by atoms with E-state index in [9.17, 15) is 4.79 Å². The Balaban J connectivity index is 1.71. The lowest BCUT2D eigenvalue weighted by molar-refractivity contribution is -0.141. The first-order chi connectivity index (χ1) is 10.7. The average Bonchev–Trinajstić information content (AvgIpc) is 3.26. The van der Waals surface area contributed by atoms with Crippen molar-refractivity contribution in [2.24, 2.45) is 0 Å². The number of carbonyl (C=O) groups is 1. The summed E-state index contributed by atoms with van der Waals surface area (Å²) in [5.41, 5.74) is 2.03. The molecule has 1 amide bonds. The van der Waals surface area contributed by atoms with Gasteiger partial charge in [0.2, 0.25) is 0 Å². The highest BCUT2D eigenvalue weighted by Crippen LogP contribution is 2.23. The molecule has 2 atom stereocenters. The third-order valence-corrected chi connectivity index (χ3v) is 4.19. The van der Waals surface area contributed by atoms with Crippen LogP contribution in [0.1, 0.15) is 31.4 Å². The zero-order chi connectivity index (χ0) is 15.5. The van der Waals surface area contributed by atoms with Gasteiger partial charge in [0.05, 0.1) is 11.7 Å². The van der Waals surface area contributed by atoms with Crippen molar-refractivity contribution in [1.82, 2.24) is 19.7 Å². The second kappa shape index (κ2) is 6.27. The van der Waals surface area contributed by atoms with Gasteiger partial charge >= 0.3 is 0 Å². The molecule has 6 heteroatoms. The molecule has 1 fully saturated rings. The zero-order valence-electron chi connectivity index (χ0n) is 12.8. The molecule has 0 saturated carbocycles. The number of nitrogens with zero attached hydrogens (tertiary/aromatic N) is 4. The Morgan fingerprint density at radius 3 is 2.77 bits per heavy atom. The number of aromatic nitrogens is 3. The van der Waals surface area contributed by atoms with E-state index in [2.05, 4.69) is 10.1 Å². The van der Waals surface area contributed by atoms with Crippen LogP contribution in [-0.2, 0) is 9.53 Å². The summed E-state index contributed by atoms with van der Waals surface area (Å²) in [6.45, 7) is 2.71. The highest BCUT2D eigenvalue weighted by Gasteiger charge is 2.29. The van der Waals surface area contributed by atoms with Crippen molar-refractivity contribution < 1.29 is 9.53 Å². The van der Waals surface area contributed by atoms with Gasteiger partial charge in [-0.1, -0.05) is 12.1 Å². The Labute approximate surface area is 129 Å². The number of hydrogen-bond donors (Lipinski definition) is 0. The third kappa shape index (κ3) is 2.87.